The number of rotatable bonds is 6. The van der Waals surface area contributed by atoms with Gasteiger partial charge in [-0.15, -0.1) is 0 Å². The number of nitrogens with zero attached hydrogens (tertiary/aromatic N) is 1. The molecule has 7 nitrogen and oxygen atoms in total. The average Bonchev–Trinajstić information content (AvgIpc) is 2.34. The first-order chi connectivity index (χ1) is 9.60. The molecule has 0 saturated heterocycles. The number of sulfonamides is 1. The van der Waals surface area contributed by atoms with Crippen LogP contribution >= 0.6 is 0 Å². The normalized spacial score (nSPS) is 13.4. The van der Waals surface area contributed by atoms with Crippen LogP contribution in [0, 0.1) is 21.8 Å². The van der Waals surface area contributed by atoms with Crippen molar-refractivity contribution in [3.8, 4) is 0 Å². The molecule has 0 aliphatic carbocycles. The van der Waals surface area contributed by atoms with Gasteiger partial charge in [-0.2, -0.15) is 0 Å². The Kier molecular flexibility index (Phi) is 5.24. The second-order valence-electron chi connectivity index (χ2n) is 4.98. The lowest BCUT2D eigenvalue weighted by molar-refractivity contribution is -0.385. The number of non-ortho nitro benzene ring substituents is 1. The Hall–Kier alpha value is -1.74. The predicted octanol–water partition coefficient (Wildman–Crippen LogP) is 2.03. The van der Waals surface area contributed by atoms with Gasteiger partial charge in [-0.1, -0.05) is 20.8 Å². The Morgan fingerprint density at radius 2 is 2.00 bits per heavy atom. The first-order valence-electron chi connectivity index (χ1n) is 6.35. The minimum atomic E-state index is -4.19. The fourth-order valence-electron chi connectivity index (χ4n) is 1.94. The molecular formula is C12H18FN3O4S. The van der Waals surface area contributed by atoms with Gasteiger partial charge in [0.15, 0.2) is 5.82 Å². The number of nitrogen functional groups attached to an aromatic ring is 1. The van der Waals surface area contributed by atoms with Gasteiger partial charge in [0, 0.05) is 12.1 Å². The second kappa shape index (κ2) is 6.35. The number of benzene rings is 1. The summed E-state index contributed by atoms with van der Waals surface area (Å²) in [7, 11) is -4.19. The molecule has 0 spiro atoms. The van der Waals surface area contributed by atoms with Gasteiger partial charge in [-0.05, 0) is 12.3 Å². The van der Waals surface area contributed by atoms with E-state index in [2.05, 4.69) is 4.72 Å². The summed E-state index contributed by atoms with van der Waals surface area (Å²) in [4.78, 5) is 9.00. The zero-order valence-electron chi connectivity index (χ0n) is 12.0. The van der Waals surface area contributed by atoms with Gasteiger partial charge in [0.1, 0.15) is 4.90 Å². The van der Waals surface area contributed by atoms with Crippen LogP contribution in [0.4, 0.5) is 15.8 Å². The fraction of sp³-hybridized carbons (Fsp3) is 0.500. The summed E-state index contributed by atoms with van der Waals surface area (Å²) in [6.07, 6.45) is 0.519. The molecule has 118 valence electrons. The van der Waals surface area contributed by atoms with Gasteiger partial charge >= 0.3 is 0 Å². The van der Waals surface area contributed by atoms with Gasteiger partial charge in [-0.3, -0.25) is 10.1 Å². The van der Waals surface area contributed by atoms with Crippen LogP contribution in [0.3, 0.4) is 0 Å². The first-order valence-corrected chi connectivity index (χ1v) is 7.84. The third kappa shape index (κ3) is 3.88. The van der Waals surface area contributed by atoms with Gasteiger partial charge in [-0.25, -0.2) is 17.5 Å². The molecule has 1 unspecified atom stereocenters. The van der Waals surface area contributed by atoms with Crippen LogP contribution in [0.5, 0.6) is 0 Å². The Labute approximate surface area is 122 Å². The van der Waals surface area contributed by atoms with E-state index in [1.165, 1.54) is 0 Å². The Morgan fingerprint density at radius 1 is 1.43 bits per heavy atom. The summed E-state index contributed by atoms with van der Waals surface area (Å²) in [5.74, 6) is -1.24. The highest BCUT2D eigenvalue weighted by molar-refractivity contribution is 7.89. The second-order valence-corrected chi connectivity index (χ2v) is 6.63. The molecule has 1 rings (SSSR count). The predicted molar refractivity (Wildman–Crippen MR) is 76.7 cm³/mol. The molecule has 0 aromatic heterocycles. The highest BCUT2D eigenvalue weighted by Crippen LogP contribution is 2.28. The van der Waals surface area contributed by atoms with Crippen LogP contribution in [0.1, 0.15) is 27.2 Å². The van der Waals surface area contributed by atoms with Crippen LogP contribution in [0.25, 0.3) is 0 Å². The van der Waals surface area contributed by atoms with E-state index in [1.807, 2.05) is 13.8 Å². The van der Waals surface area contributed by atoms with Crippen LogP contribution < -0.4 is 10.5 Å². The number of nitro benzene ring substituents is 1. The summed E-state index contributed by atoms with van der Waals surface area (Å²) in [6, 6.07) is 0.985. The minimum absolute atomic E-state index is 0.00658. The van der Waals surface area contributed by atoms with Gasteiger partial charge < -0.3 is 5.73 Å². The lowest BCUT2D eigenvalue weighted by Gasteiger charge is -2.21. The van der Waals surface area contributed by atoms with Crippen molar-refractivity contribution in [3.63, 3.8) is 0 Å². The third-order valence-electron chi connectivity index (χ3n) is 3.09. The lowest BCUT2D eigenvalue weighted by atomic mass is 10.0. The van der Waals surface area contributed by atoms with E-state index in [1.54, 1.807) is 6.92 Å². The molecule has 1 atom stereocenters. The van der Waals surface area contributed by atoms with Crippen LogP contribution in [0.15, 0.2) is 17.0 Å². The number of nitrogens with two attached hydrogens (primary N) is 1. The SMILES string of the molecule is CCC(NS(=O)(=O)c1c(N)cc([N+](=O)[O-])cc1F)C(C)C. The fourth-order valence-corrected chi connectivity index (χ4v) is 3.58. The molecule has 0 aliphatic heterocycles. The van der Waals surface area contributed by atoms with Gasteiger partial charge in [0.2, 0.25) is 10.0 Å². The Bertz CT molecular complexity index is 623. The summed E-state index contributed by atoms with van der Waals surface area (Å²) >= 11 is 0. The number of anilines is 1. The molecule has 9 heteroatoms. The summed E-state index contributed by atoms with van der Waals surface area (Å²) in [6.45, 7) is 5.45. The smallest absolute Gasteiger partial charge is 0.274 e. The van der Waals surface area contributed by atoms with E-state index in [-0.39, 0.29) is 12.0 Å². The molecule has 1 aromatic carbocycles. The first kappa shape index (κ1) is 17.3. The van der Waals surface area contributed by atoms with Crippen LogP contribution in [-0.2, 0) is 10.0 Å². The molecule has 0 heterocycles. The van der Waals surface area contributed by atoms with Crippen LogP contribution in [0.2, 0.25) is 0 Å². The molecule has 21 heavy (non-hydrogen) atoms. The van der Waals surface area contributed by atoms with Crippen molar-refractivity contribution in [2.75, 3.05) is 5.73 Å². The summed E-state index contributed by atoms with van der Waals surface area (Å²) in [5, 5.41) is 10.6. The standard InChI is InChI=1S/C12H18FN3O4S/c1-4-11(7(2)3)15-21(19,20)12-9(13)5-8(16(17)18)6-10(12)14/h5-7,11,15H,4,14H2,1-3H3. The molecule has 0 aliphatic rings. The van der Waals surface area contributed by atoms with E-state index in [0.717, 1.165) is 6.07 Å². The van der Waals surface area contributed by atoms with E-state index in [9.17, 15) is 22.9 Å². The number of halogens is 1. The van der Waals surface area contributed by atoms with Crippen molar-refractivity contribution in [2.45, 2.75) is 38.1 Å². The highest BCUT2D eigenvalue weighted by atomic mass is 32.2. The number of nitro groups is 1. The van der Waals surface area contributed by atoms with Crippen molar-refractivity contribution in [3.05, 3.63) is 28.1 Å². The molecule has 1 aromatic rings. The third-order valence-corrected chi connectivity index (χ3v) is 4.67. The largest absolute Gasteiger partial charge is 0.397 e. The number of hydrogen-bond donors (Lipinski definition) is 2. The van der Waals surface area contributed by atoms with Crippen molar-refractivity contribution < 1.29 is 17.7 Å². The average molecular weight is 319 g/mol. The van der Waals surface area contributed by atoms with Gasteiger partial charge in [0.25, 0.3) is 5.69 Å². The zero-order chi connectivity index (χ0) is 16.4. The van der Waals surface area contributed by atoms with Crippen molar-refractivity contribution in [1.82, 2.24) is 4.72 Å². The maximum Gasteiger partial charge on any atom is 0.274 e. The maximum absolute atomic E-state index is 13.9. The molecule has 0 fully saturated rings. The number of nitrogens with one attached hydrogen (secondary N) is 1. The minimum Gasteiger partial charge on any atom is -0.397 e. The van der Waals surface area contributed by atoms with Crippen molar-refractivity contribution >= 4 is 21.4 Å². The van der Waals surface area contributed by atoms with Crippen LogP contribution in [-0.4, -0.2) is 19.4 Å². The summed E-state index contributed by atoms with van der Waals surface area (Å²) in [5.41, 5.74) is 4.39. The molecule has 0 radical (unpaired) electrons. The van der Waals surface area contributed by atoms with Gasteiger partial charge in [0.05, 0.1) is 16.7 Å². The zero-order valence-corrected chi connectivity index (χ0v) is 12.8. The number of hydrogen-bond acceptors (Lipinski definition) is 5. The molecular weight excluding hydrogens is 301 g/mol. The Morgan fingerprint density at radius 3 is 2.38 bits per heavy atom. The Balaban J connectivity index is 3.29. The molecule has 0 amide bonds. The summed E-state index contributed by atoms with van der Waals surface area (Å²) < 4.78 is 40.7. The molecule has 3 N–H and O–H groups in total. The topological polar surface area (TPSA) is 115 Å². The van der Waals surface area contributed by atoms with Crippen molar-refractivity contribution in [2.24, 2.45) is 5.92 Å². The quantitative estimate of drug-likeness (QED) is 0.473. The highest BCUT2D eigenvalue weighted by Gasteiger charge is 2.28. The molecule has 0 saturated carbocycles. The lowest BCUT2D eigenvalue weighted by Crippen LogP contribution is -2.38. The monoisotopic (exact) mass is 319 g/mol. The van der Waals surface area contributed by atoms with Crippen molar-refractivity contribution in [1.29, 1.82) is 0 Å². The van der Waals surface area contributed by atoms with E-state index in [0.29, 0.717) is 12.5 Å². The van der Waals surface area contributed by atoms with E-state index in [4.69, 9.17) is 5.73 Å². The maximum atomic E-state index is 13.9. The van der Waals surface area contributed by atoms with E-state index < -0.39 is 37.0 Å². The molecule has 0 bridgehead atoms. The van der Waals surface area contributed by atoms with E-state index >= 15 is 0 Å².